The number of furan rings is 1. The molecule has 2 aliphatic heterocycles. The fourth-order valence-electron chi connectivity index (χ4n) is 3.10. The van der Waals surface area contributed by atoms with Crippen LogP contribution in [-0.4, -0.2) is 24.2 Å². The number of carbonyl (C=O) groups excluding carboxylic acids is 1. The molecule has 2 aliphatic rings. The van der Waals surface area contributed by atoms with Crippen molar-refractivity contribution in [2.75, 3.05) is 18.0 Å². The van der Waals surface area contributed by atoms with Crippen LogP contribution in [0, 0.1) is 13.8 Å². The van der Waals surface area contributed by atoms with Gasteiger partial charge in [-0.25, -0.2) is 4.99 Å². The number of aryl methyl sites for hydroxylation is 1. The van der Waals surface area contributed by atoms with Gasteiger partial charge in [-0.1, -0.05) is 12.1 Å². The van der Waals surface area contributed by atoms with E-state index >= 15 is 0 Å². The van der Waals surface area contributed by atoms with E-state index in [0.717, 1.165) is 30.2 Å². The molecule has 2 saturated heterocycles. The summed E-state index contributed by atoms with van der Waals surface area (Å²) < 4.78 is 5.88. The molecule has 26 heavy (non-hydrogen) atoms. The third-order valence-corrected chi connectivity index (χ3v) is 5.66. The van der Waals surface area contributed by atoms with Gasteiger partial charge in [0, 0.05) is 25.2 Å². The molecule has 3 heterocycles. The van der Waals surface area contributed by atoms with Crippen molar-refractivity contribution in [3.63, 3.8) is 0 Å². The summed E-state index contributed by atoms with van der Waals surface area (Å²) in [5.41, 5.74) is 3.18. The minimum Gasteiger partial charge on any atom is -0.441 e. The average Bonchev–Trinajstić information content (AvgIpc) is 3.34. The highest BCUT2D eigenvalue weighted by Crippen LogP contribution is 2.31. The summed E-state index contributed by atoms with van der Waals surface area (Å²) in [6, 6.07) is 9.87. The molecule has 0 unspecified atom stereocenters. The lowest BCUT2D eigenvalue weighted by molar-refractivity contribution is -0.115. The fourth-order valence-corrected chi connectivity index (χ4v) is 3.92. The molecule has 0 radical (unpaired) electrons. The van der Waals surface area contributed by atoms with Gasteiger partial charge in [0.25, 0.3) is 5.91 Å². The van der Waals surface area contributed by atoms with E-state index in [9.17, 15) is 4.79 Å². The monoisotopic (exact) mass is 367 g/mol. The number of amides is 1. The van der Waals surface area contributed by atoms with Crippen LogP contribution in [0.4, 0.5) is 11.6 Å². The van der Waals surface area contributed by atoms with Crippen molar-refractivity contribution in [1.82, 2.24) is 5.32 Å². The van der Waals surface area contributed by atoms with E-state index in [4.69, 9.17) is 4.42 Å². The number of amidine groups is 1. The van der Waals surface area contributed by atoms with Gasteiger partial charge in [0.05, 0.1) is 10.6 Å². The Hall–Kier alpha value is -2.47. The standard InChI is InChI=1S/C20H21N3O2S/c1-13-6-5-7-16(14(13)2)21-20-22-19(24)17(26-20)12-15-8-9-18(25-15)23-10-3-4-11-23/h5-9,12H,3-4,10-11H2,1-2H3,(H,21,22,24)/b17-12+. The first kappa shape index (κ1) is 17.0. The Morgan fingerprint density at radius 1 is 1.19 bits per heavy atom. The normalized spacial score (nSPS) is 20.4. The summed E-state index contributed by atoms with van der Waals surface area (Å²) in [4.78, 5) is 19.7. The first-order valence-corrected chi connectivity index (χ1v) is 9.62. The summed E-state index contributed by atoms with van der Waals surface area (Å²) in [7, 11) is 0. The number of carbonyl (C=O) groups is 1. The van der Waals surface area contributed by atoms with Crippen LogP contribution in [0.1, 0.15) is 29.7 Å². The zero-order valence-corrected chi connectivity index (χ0v) is 15.7. The third-order valence-electron chi connectivity index (χ3n) is 4.75. The molecule has 4 rings (SSSR count). The van der Waals surface area contributed by atoms with Gasteiger partial charge in [-0.05, 0) is 61.7 Å². The van der Waals surface area contributed by atoms with Crippen LogP contribution in [0.15, 0.2) is 44.6 Å². The number of nitrogens with one attached hydrogen (secondary N) is 1. The Balaban J connectivity index is 1.53. The number of hydrogen-bond donors (Lipinski definition) is 1. The summed E-state index contributed by atoms with van der Waals surface area (Å²) in [5.74, 6) is 1.43. The highest BCUT2D eigenvalue weighted by atomic mass is 32.2. The lowest BCUT2D eigenvalue weighted by Gasteiger charge is -2.12. The van der Waals surface area contributed by atoms with Gasteiger partial charge >= 0.3 is 0 Å². The van der Waals surface area contributed by atoms with Crippen molar-refractivity contribution in [1.29, 1.82) is 0 Å². The fraction of sp³-hybridized carbons (Fsp3) is 0.300. The number of anilines is 1. The van der Waals surface area contributed by atoms with E-state index in [1.54, 1.807) is 6.08 Å². The molecule has 1 aromatic carbocycles. The van der Waals surface area contributed by atoms with Gasteiger partial charge in [0.1, 0.15) is 5.76 Å². The zero-order chi connectivity index (χ0) is 18.1. The predicted octanol–water partition coefficient (Wildman–Crippen LogP) is 4.39. The largest absolute Gasteiger partial charge is 0.441 e. The topological polar surface area (TPSA) is 57.8 Å². The van der Waals surface area contributed by atoms with Gasteiger partial charge in [0.2, 0.25) is 0 Å². The van der Waals surface area contributed by atoms with Gasteiger partial charge in [0.15, 0.2) is 11.1 Å². The van der Waals surface area contributed by atoms with Crippen LogP contribution in [0.5, 0.6) is 0 Å². The molecule has 134 valence electrons. The molecule has 1 aromatic heterocycles. The number of aliphatic imine (C=N–C) groups is 1. The molecule has 1 amide bonds. The number of thioether (sulfide) groups is 1. The Morgan fingerprint density at radius 2 is 2.00 bits per heavy atom. The zero-order valence-electron chi connectivity index (χ0n) is 14.9. The number of benzene rings is 1. The van der Waals surface area contributed by atoms with E-state index in [2.05, 4.69) is 28.2 Å². The van der Waals surface area contributed by atoms with Crippen LogP contribution in [0.25, 0.3) is 6.08 Å². The molecule has 0 saturated carbocycles. The predicted molar refractivity (Wildman–Crippen MR) is 107 cm³/mol. The van der Waals surface area contributed by atoms with E-state index in [1.165, 1.54) is 30.2 Å². The van der Waals surface area contributed by atoms with Crippen LogP contribution in [0.2, 0.25) is 0 Å². The summed E-state index contributed by atoms with van der Waals surface area (Å²) >= 11 is 1.34. The first-order chi connectivity index (χ1) is 12.6. The summed E-state index contributed by atoms with van der Waals surface area (Å²) in [6.45, 7) is 6.16. The molecule has 6 heteroatoms. The molecule has 0 bridgehead atoms. The first-order valence-electron chi connectivity index (χ1n) is 8.81. The van der Waals surface area contributed by atoms with Crippen LogP contribution >= 0.6 is 11.8 Å². The molecule has 0 atom stereocenters. The van der Waals surface area contributed by atoms with E-state index < -0.39 is 0 Å². The molecular weight excluding hydrogens is 346 g/mol. The average molecular weight is 367 g/mol. The SMILES string of the molecule is Cc1cccc(N=C2NC(=O)/C(=C\c3ccc(N4CCCC4)o3)S2)c1C. The van der Waals surface area contributed by atoms with E-state index in [1.807, 2.05) is 31.2 Å². The number of rotatable bonds is 3. The highest BCUT2D eigenvalue weighted by Gasteiger charge is 2.25. The molecule has 2 fully saturated rings. The Labute approximate surface area is 157 Å². The van der Waals surface area contributed by atoms with E-state index in [-0.39, 0.29) is 5.91 Å². The quantitative estimate of drug-likeness (QED) is 0.818. The molecular formula is C20H21N3O2S. The van der Waals surface area contributed by atoms with Crippen molar-refractivity contribution >= 4 is 40.5 Å². The second-order valence-corrected chi connectivity index (χ2v) is 7.60. The van der Waals surface area contributed by atoms with Gasteiger partial charge in [-0.3, -0.25) is 4.79 Å². The number of nitrogens with zero attached hydrogens (tertiary/aromatic N) is 2. The van der Waals surface area contributed by atoms with Crippen molar-refractivity contribution < 1.29 is 9.21 Å². The Morgan fingerprint density at radius 3 is 2.81 bits per heavy atom. The Kier molecular flexibility index (Phi) is 4.59. The smallest absolute Gasteiger partial charge is 0.264 e. The minimum atomic E-state index is -0.141. The van der Waals surface area contributed by atoms with Gasteiger partial charge in [-0.2, -0.15) is 0 Å². The molecule has 0 spiro atoms. The molecule has 0 aliphatic carbocycles. The number of hydrogen-bond acceptors (Lipinski definition) is 5. The van der Waals surface area contributed by atoms with Crippen molar-refractivity contribution in [2.45, 2.75) is 26.7 Å². The van der Waals surface area contributed by atoms with Crippen molar-refractivity contribution in [3.05, 3.63) is 52.1 Å². The third kappa shape index (κ3) is 3.42. The minimum absolute atomic E-state index is 0.141. The lowest BCUT2D eigenvalue weighted by Crippen LogP contribution is -2.19. The molecule has 5 nitrogen and oxygen atoms in total. The summed E-state index contributed by atoms with van der Waals surface area (Å²) in [6.07, 6.45) is 4.19. The Bertz CT molecular complexity index is 908. The maximum Gasteiger partial charge on any atom is 0.264 e. The second kappa shape index (κ2) is 7.03. The van der Waals surface area contributed by atoms with Crippen molar-refractivity contribution in [3.8, 4) is 0 Å². The van der Waals surface area contributed by atoms with Crippen molar-refractivity contribution in [2.24, 2.45) is 4.99 Å². The van der Waals surface area contributed by atoms with Crippen LogP contribution in [0.3, 0.4) is 0 Å². The molecule has 1 N–H and O–H groups in total. The van der Waals surface area contributed by atoms with Crippen LogP contribution in [-0.2, 0) is 4.79 Å². The van der Waals surface area contributed by atoms with Gasteiger partial charge < -0.3 is 14.6 Å². The highest BCUT2D eigenvalue weighted by molar-refractivity contribution is 8.18. The van der Waals surface area contributed by atoms with E-state index in [0.29, 0.717) is 15.8 Å². The lowest BCUT2D eigenvalue weighted by atomic mass is 10.1. The molecule has 2 aromatic rings. The van der Waals surface area contributed by atoms with Crippen LogP contribution < -0.4 is 10.2 Å². The summed E-state index contributed by atoms with van der Waals surface area (Å²) in [5, 5.41) is 3.43. The maximum atomic E-state index is 12.3. The van der Waals surface area contributed by atoms with Gasteiger partial charge in [-0.15, -0.1) is 0 Å². The second-order valence-electron chi connectivity index (χ2n) is 6.57. The maximum absolute atomic E-state index is 12.3.